The van der Waals surface area contributed by atoms with Crippen LogP contribution in [-0.2, 0) is 0 Å². The number of aliphatic hydroxyl groups is 1. The van der Waals surface area contributed by atoms with E-state index in [-0.39, 0.29) is 10.6 Å². The van der Waals surface area contributed by atoms with Crippen molar-refractivity contribution in [2.24, 2.45) is 0 Å². The minimum Gasteiger partial charge on any atom is -0.388 e. The minimum absolute atomic E-state index is 0.188. The zero-order chi connectivity index (χ0) is 9.30. The zero-order valence-electron chi connectivity index (χ0n) is 6.31. The predicted octanol–water partition coefficient (Wildman–Crippen LogP) is 2.67. The molecule has 1 unspecified atom stereocenters. The molecule has 12 heavy (non-hydrogen) atoms. The highest BCUT2D eigenvalue weighted by atomic mass is 35.5. The van der Waals surface area contributed by atoms with Crippen LogP contribution in [0.15, 0.2) is 12.1 Å². The summed E-state index contributed by atoms with van der Waals surface area (Å²) in [5.74, 6) is -1.68. The molecule has 0 saturated carbocycles. The molecular weight excluding hydrogens is 186 g/mol. The number of hydrogen-bond acceptors (Lipinski definition) is 1. The second-order valence-electron chi connectivity index (χ2n) is 2.43. The van der Waals surface area contributed by atoms with Crippen LogP contribution in [-0.4, -0.2) is 5.11 Å². The Kier molecular flexibility index (Phi) is 2.65. The molecule has 66 valence electrons. The van der Waals surface area contributed by atoms with Crippen LogP contribution in [0.3, 0.4) is 0 Å². The van der Waals surface area contributed by atoms with Crippen molar-refractivity contribution in [1.29, 1.82) is 0 Å². The molecule has 0 heterocycles. The fraction of sp³-hybridized carbons (Fsp3) is 0.250. The molecule has 1 rings (SSSR count). The molecule has 1 N–H and O–H groups in total. The van der Waals surface area contributed by atoms with Crippen molar-refractivity contribution < 1.29 is 13.9 Å². The van der Waals surface area contributed by atoms with Gasteiger partial charge in [0.1, 0.15) is 5.82 Å². The molecule has 0 aliphatic carbocycles. The third-order valence-corrected chi connectivity index (χ3v) is 1.79. The molecule has 1 aromatic carbocycles. The van der Waals surface area contributed by atoms with Crippen LogP contribution >= 0.6 is 11.6 Å². The van der Waals surface area contributed by atoms with E-state index in [0.717, 1.165) is 12.1 Å². The molecule has 0 aliphatic heterocycles. The molecule has 0 spiro atoms. The molecule has 0 aliphatic rings. The van der Waals surface area contributed by atoms with Crippen molar-refractivity contribution in [3.63, 3.8) is 0 Å². The fourth-order valence-corrected chi connectivity index (χ4v) is 1.09. The second kappa shape index (κ2) is 3.37. The molecule has 1 nitrogen and oxygen atoms in total. The van der Waals surface area contributed by atoms with E-state index in [1.54, 1.807) is 0 Å². The first-order valence-corrected chi connectivity index (χ1v) is 3.73. The highest BCUT2D eigenvalue weighted by molar-refractivity contribution is 6.30. The maximum atomic E-state index is 13.0. The van der Waals surface area contributed by atoms with Crippen molar-refractivity contribution in [3.05, 3.63) is 34.4 Å². The first kappa shape index (κ1) is 9.42. The molecule has 0 aromatic heterocycles. The number of aliphatic hydroxyl groups excluding tert-OH is 1. The quantitative estimate of drug-likeness (QED) is 0.679. The summed E-state index contributed by atoms with van der Waals surface area (Å²) in [6.07, 6.45) is -1.19. The van der Waals surface area contributed by atoms with E-state index < -0.39 is 17.7 Å². The molecule has 4 heteroatoms. The van der Waals surface area contributed by atoms with Gasteiger partial charge in [-0.3, -0.25) is 0 Å². The van der Waals surface area contributed by atoms with Gasteiger partial charge in [-0.05, 0) is 19.1 Å². The SMILES string of the molecule is CC(O)c1c(F)ccc(Cl)c1F. The Morgan fingerprint density at radius 2 is 2.00 bits per heavy atom. The van der Waals surface area contributed by atoms with Gasteiger partial charge in [0.15, 0.2) is 5.82 Å². The Morgan fingerprint density at radius 1 is 1.42 bits per heavy atom. The maximum absolute atomic E-state index is 13.0. The second-order valence-corrected chi connectivity index (χ2v) is 2.84. The monoisotopic (exact) mass is 192 g/mol. The molecular formula is C8H7ClF2O. The largest absolute Gasteiger partial charge is 0.388 e. The van der Waals surface area contributed by atoms with E-state index in [2.05, 4.69) is 0 Å². The van der Waals surface area contributed by atoms with Crippen LogP contribution in [0.4, 0.5) is 8.78 Å². The number of benzene rings is 1. The van der Waals surface area contributed by atoms with Crippen LogP contribution in [0.25, 0.3) is 0 Å². The van der Waals surface area contributed by atoms with Crippen molar-refractivity contribution in [2.45, 2.75) is 13.0 Å². The number of hydrogen-bond donors (Lipinski definition) is 1. The average molecular weight is 193 g/mol. The van der Waals surface area contributed by atoms with E-state index in [1.165, 1.54) is 6.92 Å². The van der Waals surface area contributed by atoms with Crippen molar-refractivity contribution >= 4 is 11.6 Å². The van der Waals surface area contributed by atoms with Crippen molar-refractivity contribution in [1.82, 2.24) is 0 Å². The fourth-order valence-electron chi connectivity index (χ4n) is 0.926. The van der Waals surface area contributed by atoms with Crippen LogP contribution in [0, 0.1) is 11.6 Å². The summed E-state index contributed by atoms with van der Waals surface area (Å²) in [6, 6.07) is 2.13. The van der Waals surface area contributed by atoms with Gasteiger partial charge in [0.25, 0.3) is 0 Å². The Labute approximate surface area is 73.6 Å². The number of rotatable bonds is 1. The lowest BCUT2D eigenvalue weighted by Gasteiger charge is -2.07. The molecule has 0 fully saturated rings. The van der Waals surface area contributed by atoms with Gasteiger partial charge in [-0.2, -0.15) is 0 Å². The van der Waals surface area contributed by atoms with Gasteiger partial charge >= 0.3 is 0 Å². The van der Waals surface area contributed by atoms with Crippen LogP contribution in [0.2, 0.25) is 5.02 Å². The minimum atomic E-state index is -1.19. The Balaban J connectivity index is 3.33. The van der Waals surface area contributed by atoms with E-state index >= 15 is 0 Å². The molecule has 0 bridgehead atoms. The van der Waals surface area contributed by atoms with Crippen LogP contribution < -0.4 is 0 Å². The van der Waals surface area contributed by atoms with Gasteiger partial charge < -0.3 is 5.11 Å². The maximum Gasteiger partial charge on any atom is 0.150 e. The van der Waals surface area contributed by atoms with Gasteiger partial charge in [-0.1, -0.05) is 11.6 Å². The lowest BCUT2D eigenvalue weighted by Crippen LogP contribution is -2.00. The summed E-state index contributed by atoms with van der Waals surface area (Å²) in [5.41, 5.74) is -0.387. The zero-order valence-corrected chi connectivity index (χ0v) is 7.07. The van der Waals surface area contributed by atoms with E-state index in [0.29, 0.717) is 0 Å². The van der Waals surface area contributed by atoms with E-state index in [1.807, 2.05) is 0 Å². The predicted molar refractivity (Wildman–Crippen MR) is 42.0 cm³/mol. The molecule has 1 atom stereocenters. The van der Waals surface area contributed by atoms with Crippen LogP contribution in [0.5, 0.6) is 0 Å². The molecule has 0 radical (unpaired) electrons. The third kappa shape index (κ3) is 1.57. The van der Waals surface area contributed by atoms with Gasteiger partial charge in [0.2, 0.25) is 0 Å². The highest BCUT2D eigenvalue weighted by Crippen LogP contribution is 2.25. The van der Waals surface area contributed by atoms with Crippen molar-refractivity contribution in [2.75, 3.05) is 0 Å². The summed E-state index contributed by atoms with van der Waals surface area (Å²) in [6.45, 7) is 1.28. The summed E-state index contributed by atoms with van der Waals surface area (Å²) in [7, 11) is 0. The van der Waals surface area contributed by atoms with Gasteiger partial charge in [-0.15, -0.1) is 0 Å². The van der Waals surface area contributed by atoms with Crippen LogP contribution in [0.1, 0.15) is 18.6 Å². The lowest BCUT2D eigenvalue weighted by atomic mass is 10.1. The van der Waals surface area contributed by atoms with Crippen molar-refractivity contribution in [3.8, 4) is 0 Å². The molecule has 1 aromatic rings. The smallest absolute Gasteiger partial charge is 0.150 e. The Hall–Kier alpha value is -0.670. The lowest BCUT2D eigenvalue weighted by molar-refractivity contribution is 0.188. The van der Waals surface area contributed by atoms with Gasteiger partial charge in [0.05, 0.1) is 16.7 Å². The molecule has 0 saturated heterocycles. The summed E-state index contributed by atoms with van der Waals surface area (Å²) in [4.78, 5) is 0. The Morgan fingerprint density at radius 3 is 2.42 bits per heavy atom. The third-order valence-electron chi connectivity index (χ3n) is 1.50. The Bertz CT molecular complexity index is 299. The standard InChI is InChI=1S/C8H7ClF2O/c1-4(12)7-6(10)3-2-5(9)8(7)11/h2-4,12H,1H3. The first-order valence-electron chi connectivity index (χ1n) is 3.35. The molecule has 0 amide bonds. The summed E-state index contributed by atoms with van der Waals surface area (Å²) < 4.78 is 25.8. The van der Waals surface area contributed by atoms with Gasteiger partial charge in [0, 0.05) is 0 Å². The van der Waals surface area contributed by atoms with E-state index in [4.69, 9.17) is 16.7 Å². The van der Waals surface area contributed by atoms with Gasteiger partial charge in [-0.25, -0.2) is 8.78 Å². The highest BCUT2D eigenvalue weighted by Gasteiger charge is 2.16. The van der Waals surface area contributed by atoms with E-state index in [9.17, 15) is 8.78 Å². The summed E-state index contributed by atoms with van der Waals surface area (Å²) in [5, 5.41) is 8.78. The average Bonchev–Trinajstić information content (AvgIpc) is 1.97. The normalized spacial score (nSPS) is 13.1. The first-order chi connectivity index (χ1) is 5.54. The summed E-state index contributed by atoms with van der Waals surface area (Å²) >= 11 is 5.38. The topological polar surface area (TPSA) is 20.2 Å². The number of halogens is 3.